The highest BCUT2D eigenvalue weighted by atomic mass is 16.3. The van der Waals surface area contributed by atoms with E-state index in [1.165, 1.54) is 226 Å². The van der Waals surface area contributed by atoms with Crippen molar-refractivity contribution in [3.63, 3.8) is 0 Å². The van der Waals surface area contributed by atoms with Gasteiger partial charge in [0.2, 0.25) is 0 Å². The molecule has 550 valence electrons. The number of rotatable bonds is 18. The zero-order chi connectivity index (χ0) is 75.9. The van der Waals surface area contributed by atoms with Crippen LogP contribution in [0.3, 0.4) is 0 Å². The first-order valence-corrected chi connectivity index (χ1v) is 41.8. The first-order chi connectivity index (χ1) is 54.5. The van der Waals surface area contributed by atoms with Gasteiger partial charge in [0.1, 0.15) is 22.3 Å². The van der Waals surface area contributed by atoms with Crippen molar-refractivity contribution in [2.24, 2.45) is 0 Å². The number of furan rings is 2. The van der Waals surface area contributed by atoms with Gasteiger partial charge in [0.15, 0.2) is 0 Å². The number of unbranched alkanes of at least 4 members (excludes halogenated alkanes) is 8. The van der Waals surface area contributed by atoms with E-state index in [2.05, 4.69) is 335 Å². The second kappa shape index (κ2) is 25.4. The lowest BCUT2D eigenvalue weighted by molar-refractivity contribution is 0.399. The van der Waals surface area contributed by atoms with Gasteiger partial charge in [-0.15, -0.1) is 0 Å². The molecule has 0 fully saturated rings. The summed E-state index contributed by atoms with van der Waals surface area (Å²) in [5.41, 5.74) is 40.4. The fraction of sp³-hybridized carbons (Fsp3) is 0.248. The summed E-state index contributed by atoms with van der Waals surface area (Å²) in [6.07, 6.45) is 15.5. The van der Waals surface area contributed by atoms with Gasteiger partial charge in [-0.3, -0.25) is 0 Å². The number of para-hydroxylation sites is 2. The molecule has 2 heterocycles. The molecule has 0 N–H and O–H groups in total. The van der Waals surface area contributed by atoms with Gasteiger partial charge in [0.05, 0.1) is 5.69 Å². The Morgan fingerprint density at radius 1 is 0.277 bits per heavy atom. The van der Waals surface area contributed by atoms with Crippen LogP contribution in [0.4, 0.5) is 17.1 Å². The minimum atomic E-state index is -0.397. The van der Waals surface area contributed by atoms with Crippen molar-refractivity contribution in [2.45, 2.75) is 173 Å². The van der Waals surface area contributed by atoms with Gasteiger partial charge in [-0.05, 0) is 218 Å². The summed E-state index contributed by atoms with van der Waals surface area (Å²) in [5.74, 6) is 0. The van der Waals surface area contributed by atoms with Gasteiger partial charge in [-0.25, -0.2) is 0 Å². The van der Waals surface area contributed by atoms with E-state index in [0.29, 0.717) is 0 Å². The molecule has 0 amide bonds. The maximum Gasteiger partial charge on any atom is 0.144 e. The van der Waals surface area contributed by atoms with E-state index in [9.17, 15) is 0 Å². The number of benzene rings is 14. The smallest absolute Gasteiger partial charge is 0.144 e. The maximum absolute atomic E-state index is 7.17. The fourth-order valence-corrected chi connectivity index (χ4v) is 22.2. The van der Waals surface area contributed by atoms with Crippen LogP contribution in [0.25, 0.3) is 144 Å². The van der Waals surface area contributed by atoms with Gasteiger partial charge in [0, 0.05) is 76.5 Å². The molecular weight excluding hydrogens is 1360 g/mol. The molecule has 2 aromatic heterocycles. The van der Waals surface area contributed by atoms with E-state index >= 15 is 0 Å². The predicted octanol–water partition coefficient (Wildman–Crippen LogP) is 31.3. The number of nitrogens with zero attached hydrogens (tertiary/aromatic N) is 1. The summed E-state index contributed by atoms with van der Waals surface area (Å²) in [6.45, 7) is 24.2. The van der Waals surface area contributed by atoms with Crippen molar-refractivity contribution >= 4 is 71.7 Å². The SMILES string of the molecule is CCCCCCCC1(CCCCCCC)c2ccccc2-c2ccc(-c3ccc4c(c3)C(C)(C)c3cc(-c5ccc(-c6cc7c(c8c6oc6ccccc68)-c6ccc(N(c8ccc9c(c8)C(C)(C)c8c%10c(c%11c(oc%12ccccc%12%11)c8-9)-c8ccccc8C%10(C)C)c8cccc9ccccc89)cc6C7(C)C)cc5)ccc3-4)cc21. The van der Waals surface area contributed by atoms with Gasteiger partial charge in [-0.1, -0.05) is 328 Å². The summed E-state index contributed by atoms with van der Waals surface area (Å²) >= 11 is 0. The summed E-state index contributed by atoms with van der Waals surface area (Å²) < 4.78 is 14.3. The molecule has 0 saturated heterocycles. The Labute approximate surface area is 660 Å². The average molecular weight is 1450 g/mol. The molecule has 0 atom stereocenters. The highest BCUT2D eigenvalue weighted by molar-refractivity contribution is 6.22. The summed E-state index contributed by atoms with van der Waals surface area (Å²) in [6, 6.07) is 100. The molecule has 0 spiro atoms. The zero-order valence-corrected chi connectivity index (χ0v) is 66.6. The molecular formula is C109H97NO2. The van der Waals surface area contributed by atoms with E-state index in [-0.39, 0.29) is 21.7 Å². The van der Waals surface area contributed by atoms with Crippen LogP contribution in [0.1, 0.15) is 202 Å². The molecule has 3 nitrogen and oxygen atoms in total. The van der Waals surface area contributed by atoms with Crippen molar-refractivity contribution in [1.29, 1.82) is 0 Å². The van der Waals surface area contributed by atoms with Crippen LogP contribution in [0.2, 0.25) is 0 Å². The van der Waals surface area contributed by atoms with Crippen molar-refractivity contribution in [3.8, 4) is 89.0 Å². The van der Waals surface area contributed by atoms with E-state index in [0.717, 1.165) is 55.9 Å². The molecule has 0 aliphatic heterocycles. The van der Waals surface area contributed by atoms with Crippen LogP contribution >= 0.6 is 0 Å². The minimum Gasteiger partial charge on any atom is -0.455 e. The van der Waals surface area contributed by atoms with Crippen LogP contribution < -0.4 is 4.90 Å². The summed E-state index contributed by atoms with van der Waals surface area (Å²) in [7, 11) is 0. The summed E-state index contributed by atoms with van der Waals surface area (Å²) in [5, 5.41) is 7.11. The molecule has 16 aromatic rings. The third-order valence-electron chi connectivity index (χ3n) is 27.9. The highest BCUT2D eigenvalue weighted by Gasteiger charge is 2.50. The lowest BCUT2D eigenvalue weighted by Gasteiger charge is -2.33. The van der Waals surface area contributed by atoms with E-state index in [1.54, 1.807) is 11.1 Å². The van der Waals surface area contributed by atoms with Crippen molar-refractivity contribution in [3.05, 3.63) is 316 Å². The van der Waals surface area contributed by atoms with Gasteiger partial charge < -0.3 is 13.7 Å². The first-order valence-electron chi connectivity index (χ1n) is 41.8. The Balaban J connectivity index is 0.627. The lowest BCUT2D eigenvalue weighted by Crippen LogP contribution is -2.25. The summed E-state index contributed by atoms with van der Waals surface area (Å²) in [4.78, 5) is 2.54. The molecule has 112 heavy (non-hydrogen) atoms. The third-order valence-corrected chi connectivity index (χ3v) is 27.9. The van der Waals surface area contributed by atoms with E-state index in [1.807, 2.05) is 0 Å². The molecule has 0 unspecified atom stereocenters. The largest absolute Gasteiger partial charge is 0.455 e. The number of hydrogen-bond acceptors (Lipinski definition) is 3. The Morgan fingerprint density at radius 2 is 0.705 bits per heavy atom. The highest BCUT2D eigenvalue weighted by Crippen LogP contribution is 2.65. The van der Waals surface area contributed by atoms with Crippen LogP contribution in [-0.4, -0.2) is 0 Å². The number of hydrogen-bond donors (Lipinski definition) is 0. The third kappa shape index (κ3) is 9.90. The minimum absolute atomic E-state index is 0.0429. The second-order valence-electron chi connectivity index (χ2n) is 35.6. The normalized spacial score (nSPS) is 15.5. The topological polar surface area (TPSA) is 29.5 Å². The number of anilines is 3. The van der Waals surface area contributed by atoms with Crippen LogP contribution in [0, 0.1) is 0 Å². The molecule has 3 heteroatoms. The van der Waals surface area contributed by atoms with Crippen molar-refractivity contribution in [2.75, 3.05) is 4.90 Å². The monoisotopic (exact) mass is 1450 g/mol. The molecule has 0 radical (unpaired) electrons. The maximum atomic E-state index is 7.17. The zero-order valence-electron chi connectivity index (χ0n) is 66.6. The van der Waals surface area contributed by atoms with Gasteiger partial charge >= 0.3 is 0 Å². The quantitative estimate of drug-likeness (QED) is 0.0802. The number of fused-ring (bicyclic) bond motifs is 26. The first kappa shape index (κ1) is 68.7. The van der Waals surface area contributed by atoms with Crippen molar-refractivity contribution in [1.82, 2.24) is 0 Å². The average Bonchev–Trinajstić information content (AvgIpc) is 1.50. The van der Waals surface area contributed by atoms with Crippen LogP contribution in [0.15, 0.2) is 270 Å². The standard InChI is InChI=1S/C109H97NO2/c1-11-13-15-17-29-58-109(59-30-18-16-14-12-2)86-40-26-21-35-75(86)78-55-50-71(62-91(78)109)70-49-54-77-76-53-48-69(60-87(76)105(3,4)88(77)61-70)66-44-46-68(47-45-66)84-65-92-96(98-82-37-23-27-42-94(82)111-103(84)98)80-56-51-72(63-89(80)106(92,5)6)110(93-41-31-33-67-32-19-20-34-74(67)93)73-52-57-81-90(64-73)108(9,10)102-100(81)104-99(83-38-24-28-43-95(83)112-104)97-79-36-22-25-39-85(79)107(7,8)101(97)102/h19-28,31-57,60-65H,11-18,29-30,58-59H2,1-10H3. The Hall–Kier alpha value is -11.3. The predicted molar refractivity (Wildman–Crippen MR) is 473 cm³/mol. The van der Waals surface area contributed by atoms with Crippen molar-refractivity contribution < 1.29 is 8.83 Å². The Bertz CT molecular complexity index is 6590. The van der Waals surface area contributed by atoms with Gasteiger partial charge in [-0.2, -0.15) is 0 Å². The van der Waals surface area contributed by atoms with E-state index < -0.39 is 5.41 Å². The molecule has 14 aromatic carbocycles. The van der Waals surface area contributed by atoms with Crippen LogP contribution in [0.5, 0.6) is 0 Å². The van der Waals surface area contributed by atoms with E-state index in [4.69, 9.17) is 8.83 Å². The Morgan fingerprint density at radius 3 is 1.35 bits per heavy atom. The molecule has 0 saturated carbocycles. The van der Waals surface area contributed by atoms with Crippen LogP contribution in [-0.2, 0) is 27.1 Å². The van der Waals surface area contributed by atoms with Gasteiger partial charge in [0.25, 0.3) is 0 Å². The molecule has 21 rings (SSSR count). The fourth-order valence-electron chi connectivity index (χ4n) is 22.2. The molecule has 0 bridgehead atoms. The molecule has 5 aliphatic rings. The Kier molecular flexibility index (Phi) is 15.6. The lowest BCUT2D eigenvalue weighted by atomic mass is 9.70. The second-order valence-corrected chi connectivity index (χ2v) is 35.6. The molecule has 5 aliphatic carbocycles.